The van der Waals surface area contributed by atoms with Gasteiger partial charge in [-0.05, 0) is 35.1 Å². The lowest BCUT2D eigenvalue weighted by Gasteiger charge is -2.23. The zero-order valence-electron chi connectivity index (χ0n) is 12.3. The Labute approximate surface area is 122 Å². The summed E-state index contributed by atoms with van der Waals surface area (Å²) in [6, 6.07) is 19.7. The van der Waals surface area contributed by atoms with E-state index in [-0.39, 0.29) is 0 Å². The molecule has 0 radical (unpaired) electrons. The lowest BCUT2D eigenvalue weighted by molar-refractivity contribution is 0.381. The third-order valence-corrected chi connectivity index (χ3v) is 4.54. The van der Waals surface area contributed by atoms with E-state index in [1.54, 1.807) is 0 Å². The summed E-state index contributed by atoms with van der Waals surface area (Å²) in [4.78, 5) is 0. The number of benzene rings is 2. The zero-order chi connectivity index (χ0) is 13.9. The quantitative estimate of drug-likeness (QED) is 0.872. The van der Waals surface area contributed by atoms with Crippen molar-refractivity contribution in [2.45, 2.75) is 19.8 Å². The Balaban J connectivity index is 1.92. The van der Waals surface area contributed by atoms with Crippen molar-refractivity contribution in [3.8, 4) is 11.1 Å². The van der Waals surface area contributed by atoms with Crippen LogP contribution in [0.25, 0.3) is 11.1 Å². The summed E-state index contributed by atoms with van der Waals surface area (Å²) >= 11 is 0. The predicted octanol–water partition coefficient (Wildman–Crippen LogP) is 4.31. The molecule has 2 aromatic rings. The second kappa shape index (κ2) is 5.80. The lowest BCUT2D eigenvalue weighted by Crippen LogP contribution is -2.17. The average Bonchev–Trinajstić information content (AvgIpc) is 2.98. The Morgan fingerprint density at radius 3 is 2.40 bits per heavy atom. The van der Waals surface area contributed by atoms with Crippen LogP contribution in [0.4, 0.5) is 0 Å². The van der Waals surface area contributed by atoms with Crippen molar-refractivity contribution in [1.29, 1.82) is 0 Å². The Morgan fingerprint density at radius 1 is 0.900 bits per heavy atom. The monoisotopic (exact) mass is 265 g/mol. The van der Waals surface area contributed by atoms with Gasteiger partial charge in [0.2, 0.25) is 0 Å². The fraction of sp³-hybridized carbons (Fsp3) is 0.368. The molecule has 20 heavy (non-hydrogen) atoms. The normalized spacial score (nSPS) is 22.4. The van der Waals surface area contributed by atoms with Crippen LogP contribution in [0.3, 0.4) is 0 Å². The van der Waals surface area contributed by atoms with Gasteiger partial charge >= 0.3 is 0 Å². The third kappa shape index (κ3) is 2.64. The maximum absolute atomic E-state index is 3.56. The first-order chi connectivity index (χ1) is 9.75. The first-order valence-electron chi connectivity index (χ1n) is 7.62. The minimum absolute atomic E-state index is 0.652. The molecule has 104 valence electrons. The molecule has 1 unspecified atom stereocenters. The molecule has 1 N–H and O–H groups in total. The molecule has 1 nitrogen and oxygen atoms in total. The van der Waals surface area contributed by atoms with Gasteiger partial charge in [-0.2, -0.15) is 0 Å². The Morgan fingerprint density at radius 2 is 1.65 bits per heavy atom. The van der Waals surface area contributed by atoms with Crippen LogP contribution < -0.4 is 5.32 Å². The summed E-state index contributed by atoms with van der Waals surface area (Å²) < 4.78 is 0. The summed E-state index contributed by atoms with van der Waals surface area (Å²) in [5.41, 5.74) is 4.12. The SMILES string of the molecule is CC(C)C1CNC[C@H]1c1cccc(-c2ccccc2)c1. The molecule has 1 saturated heterocycles. The van der Waals surface area contributed by atoms with Gasteiger partial charge in [0, 0.05) is 12.5 Å². The van der Waals surface area contributed by atoms with Crippen molar-refractivity contribution in [2.24, 2.45) is 11.8 Å². The molecule has 1 fully saturated rings. The van der Waals surface area contributed by atoms with Gasteiger partial charge in [0.05, 0.1) is 0 Å². The zero-order valence-corrected chi connectivity index (χ0v) is 12.3. The summed E-state index contributed by atoms with van der Waals surface area (Å²) in [5.74, 6) is 2.13. The van der Waals surface area contributed by atoms with Gasteiger partial charge in [-0.15, -0.1) is 0 Å². The van der Waals surface area contributed by atoms with Crippen molar-refractivity contribution in [3.63, 3.8) is 0 Å². The molecule has 2 atom stereocenters. The molecule has 0 saturated carbocycles. The van der Waals surface area contributed by atoms with E-state index in [0.29, 0.717) is 5.92 Å². The third-order valence-electron chi connectivity index (χ3n) is 4.54. The number of nitrogens with one attached hydrogen (secondary N) is 1. The lowest BCUT2D eigenvalue weighted by atomic mass is 9.81. The topological polar surface area (TPSA) is 12.0 Å². The molecule has 0 bridgehead atoms. The first kappa shape index (κ1) is 13.4. The summed E-state index contributed by atoms with van der Waals surface area (Å²) in [6.07, 6.45) is 0. The molecule has 0 aromatic heterocycles. The van der Waals surface area contributed by atoms with Gasteiger partial charge in [0.15, 0.2) is 0 Å². The smallest absolute Gasteiger partial charge is 0.00235 e. The standard InChI is InChI=1S/C19H23N/c1-14(2)18-12-20-13-19(18)17-10-6-9-16(11-17)15-7-4-3-5-8-15/h3-11,14,18-20H,12-13H2,1-2H3/t18?,19-/m0/s1. The van der Waals surface area contributed by atoms with Crippen LogP contribution in [0.2, 0.25) is 0 Å². The van der Waals surface area contributed by atoms with E-state index in [2.05, 4.69) is 73.8 Å². The van der Waals surface area contributed by atoms with Crippen LogP contribution in [0.5, 0.6) is 0 Å². The molecule has 1 aliphatic rings. The van der Waals surface area contributed by atoms with Crippen molar-refractivity contribution in [3.05, 3.63) is 60.2 Å². The molecule has 2 aromatic carbocycles. The molecule has 1 heterocycles. The Kier molecular flexibility index (Phi) is 3.88. The van der Waals surface area contributed by atoms with Crippen LogP contribution in [0.15, 0.2) is 54.6 Å². The van der Waals surface area contributed by atoms with Crippen molar-refractivity contribution >= 4 is 0 Å². The van der Waals surface area contributed by atoms with Crippen LogP contribution >= 0.6 is 0 Å². The number of hydrogen-bond donors (Lipinski definition) is 1. The van der Waals surface area contributed by atoms with Crippen molar-refractivity contribution < 1.29 is 0 Å². The van der Waals surface area contributed by atoms with E-state index < -0.39 is 0 Å². The van der Waals surface area contributed by atoms with Crippen molar-refractivity contribution in [1.82, 2.24) is 5.32 Å². The first-order valence-corrected chi connectivity index (χ1v) is 7.62. The van der Waals surface area contributed by atoms with Gasteiger partial charge in [0.1, 0.15) is 0 Å². The van der Waals surface area contributed by atoms with E-state index in [9.17, 15) is 0 Å². The van der Waals surface area contributed by atoms with Gasteiger partial charge in [-0.25, -0.2) is 0 Å². The second-order valence-electron chi connectivity index (χ2n) is 6.16. The van der Waals surface area contributed by atoms with E-state index in [1.165, 1.54) is 16.7 Å². The molecular weight excluding hydrogens is 242 g/mol. The van der Waals surface area contributed by atoms with Gasteiger partial charge in [-0.1, -0.05) is 68.4 Å². The largest absolute Gasteiger partial charge is 0.316 e. The molecule has 0 amide bonds. The Bertz CT molecular complexity index is 559. The molecule has 1 heteroatoms. The fourth-order valence-electron chi connectivity index (χ4n) is 3.34. The van der Waals surface area contributed by atoms with E-state index in [4.69, 9.17) is 0 Å². The van der Waals surface area contributed by atoms with Crippen LogP contribution in [-0.4, -0.2) is 13.1 Å². The van der Waals surface area contributed by atoms with Gasteiger partial charge < -0.3 is 5.32 Å². The highest BCUT2D eigenvalue weighted by atomic mass is 14.9. The minimum Gasteiger partial charge on any atom is -0.316 e. The molecule has 0 aliphatic carbocycles. The second-order valence-corrected chi connectivity index (χ2v) is 6.16. The molecular formula is C19H23N. The highest BCUT2D eigenvalue weighted by Gasteiger charge is 2.30. The molecule has 1 aliphatic heterocycles. The van der Waals surface area contributed by atoms with Crippen LogP contribution in [0, 0.1) is 11.8 Å². The predicted molar refractivity (Wildman–Crippen MR) is 85.8 cm³/mol. The highest BCUT2D eigenvalue weighted by molar-refractivity contribution is 5.64. The minimum atomic E-state index is 0.652. The van der Waals surface area contributed by atoms with E-state index >= 15 is 0 Å². The van der Waals surface area contributed by atoms with Crippen LogP contribution in [-0.2, 0) is 0 Å². The van der Waals surface area contributed by atoms with Crippen molar-refractivity contribution in [2.75, 3.05) is 13.1 Å². The van der Waals surface area contributed by atoms with Gasteiger partial charge in [0.25, 0.3) is 0 Å². The maximum Gasteiger partial charge on any atom is 0.00235 e. The summed E-state index contributed by atoms with van der Waals surface area (Å²) in [5, 5.41) is 3.56. The molecule has 0 spiro atoms. The number of hydrogen-bond acceptors (Lipinski definition) is 1. The Hall–Kier alpha value is -1.60. The number of rotatable bonds is 3. The van der Waals surface area contributed by atoms with E-state index in [1.807, 2.05) is 0 Å². The van der Waals surface area contributed by atoms with Gasteiger partial charge in [-0.3, -0.25) is 0 Å². The molecule has 3 rings (SSSR count). The summed E-state index contributed by atoms with van der Waals surface area (Å²) in [7, 11) is 0. The van der Waals surface area contributed by atoms with E-state index in [0.717, 1.165) is 24.9 Å². The van der Waals surface area contributed by atoms with Crippen LogP contribution in [0.1, 0.15) is 25.3 Å². The average molecular weight is 265 g/mol. The fourth-order valence-corrected chi connectivity index (χ4v) is 3.34. The maximum atomic E-state index is 3.56. The highest BCUT2D eigenvalue weighted by Crippen LogP contribution is 2.34. The summed E-state index contributed by atoms with van der Waals surface area (Å²) in [6.45, 7) is 6.94.